The van der Waals surface area contributed by atoms with Gasteiger partial charge in [0.25, 0.3) is 8.32 Å². The van der Waals surface area contributed by atoms with Crippen molar-refractivity contribution in [3.63, 3.8) is 0 Å². The summed E-state index contributed by atoms with van der Waals surface area (Å²) in [5.74, 6) is 0.780. The molecule has 5 aromatic rings. The van der Waals surface area contributed by atoms with Gasteiger partial charge in [0, 0.05) is 25.7 Å². The molecule has 1 aromatic heterocycles. The topological polar surface area (TPSA) is 126 Å². The highest BCUT2D eigenvalue weighted by Gasteiger charge is 2.50. The first-order chi connectivity index (χ1) is 25.6. The van der Waals surface area contributed by atoms with E-state index in [1.807, 2.05) is 54.6 Å². The minimum atomic E-state index is -2.70. The van der Waals surface area contributed by atoms with E-state index in [0.29, 0.717) is 55.2 Å². The van der Waals surface area contributed by atoms with Crippen LogP contribution in [0.2, 0.25) is 5.04 Å². The average molecular weight is 797 g/mol. The van der Waals surface area contributed by atoms with E-state index >= 15 is 0 Å². The number of hydrogen-bond acceptors (Lipinski definition) is 7. The second-order valence-electron chi connectivity index (χ2n) is 14.3. The van der Waals surface area contributed by atoms with Gasteiger partial charge in [-0.2, -0.15) is 0 Å². The number of nitrogens with one attached hydrogen (secondary N) is 2. The molecule has 1 saturated heterocycles. The molecule has 53 heavy (non-hydrogen) atoms. The summed E-state index contributed by atoms with van der Waals surface area (Å²) in [7, 11) is -2.70. The van der Waals surface area contributed by atoms with Crippen molar-refractivity contribution in [3.8, 4) is 5.75 Å². The molecule has 1 aliphatic rings. The van der Waals surface area contributed by atoms with E-state index in [-0.39, 0.29) is 30.0 Å². The number of carbonyl (C=O) groups excluding carboxylic acids is 1. The van der Waals surface area contributed by atoms with Gasteiger partial charge in [-0.1, -0.05) is 112 Å². The van der Waals surface area contributed by atoms with Crippen LogP contribution in [0.3, 0.4) is 0 Å². The van der Waals surface area contributed by atoms with E-state index in [1.54, 1.807) is 6.20 Å². The maximum Gasteiger partial charge on any atom is 0.407 e. The summed E-state index contributed by atoms with van der Waals surface area (Å²) in [5.41, 5.74) is 2.30. The van der Waals surface area contributed by atoms with Crippen molar-refractivity contribution in [1.82, 2.24) is 20.2 Å². The highest BCUT2D eigenvalue weighted by Crippen LogP contribution is 2.37. The molecule has 6 rings (SSSR count). The molecule has 276 valence electrons. The lowest BCUT2D eigenvalue weighted by Gasteiger charge is -2.43. The Morgan fingerprint density at radius 3 is 2.21 bits per heavy atom. The van der Waals surface area contributed by atoms with Gasteiger partial charge in [0.05, 0.1) is 16.2 Å². The Bertz CT molecular complexity index is 1960. The summed E-state index contributed by atoms with van der Waals surface area (Å²) in [6.45, 7) is 8.07. The molecule has 2 unspecified atom stereocenters. The minimum Gasteiger partial charge on any atom is -0.485 e. The fourth-order valence-corrected chi connectivity index (χ4v) is 12.2. The number of carboxylic acid groups (broad SMARTS) is 1. The number of hydrogen-bond donors (Lipinski definition) is 3. The lowest BCUT2D eigenvalue weighted by molar-refractivity contribution is -0.127. The van der Waals surface area contributed by atoms with Crippen molar-refractivity contribution >= 4 is 63.5 Å². The van der Waals surface area contributed by atoms with Crippen LogP contribution in [0, 0.1) is 0 Å². The van der Waals surface area contributed by atoms with Crippen LogP contribution < -0.4 is 25.7 Å². The maximum atomic E-state index is 13.6. The summed E-state index contributed by atoms with van der Waals surface area (Å²) in [6.07, 6.45) is 1.91. The molecule has 0 radical (unpaired) electrons. The molecule has 10 nitrogen and oxygen atoms in total. The van der Waals surface area contributed by atoms with Gasteiger partial charge in [0.15, 0.2) is 5.75 Å². The summed E-state index contributed by atoms with van der Waals surface area (Å²) in [4.78, 5) is 36.5. The maximum absolute atomic E-state index is 13.6. The van der Waals surface area contributed by atoms with Crippen LogP contribution in [-0.4, -0.2) is 72.1 Å². The lowest BCUT2D eigenvalue weighted by atomic mass is 9.96. The second kappa shape index (κ2) is 16.9. The standard InChI is InChI=1S/C41H46BrN5O5Si/c1-41(2,3)53(31-16-9-5-10-17-31,32-18-11-6-12-19-32)52-25-13-23-43-39(48)35-26-30(22-24-47(35)40(49)50)45-36-27-44-34-21-20-33(42)38(37(34)46-36)51-28-29-14-7-4-8-15-29/h4-12,14-21,27,30,35H,13,22-26,28H2,1-3H3,(H,43,48)(H,45,46)(H,49,50). The number of likely N-dealkylation sites (tertiary alicyclic amines) is 1. The van der Waals surface area contributed by atoms with Gasteiger partial charge >= 0.3 is 6.09 Å². The molecule has 12 heteroatoms. The van der Waals surface area contributed by atoms with Crippen LogP contribution in [0.1, 0.15) is 45.6 Å². The molecule has 1 aliphatic heterocycles. The van der Waals surface area contributed by atoms with Crippen LogP contribution in [0.25, 0.3) is 11.0 Å². The van der Waals surface area contributed by atoms with Crippen molar-refractivity contribution in [2.75, 3.05) is 25.0 Å². The van der Waals surface area contributed by atoms with E-state index in [1.165, 1.54) is 15.3 Å². The van der Waals surface area contributed by atoms with Gasteiger partial charge in [-0.15, -0.1) is 0 Å². The summed E-state index contributed by atoms with van der Waals surface area (Å²) < 4.78 is 13.9. The van der Waals surface area contributed by atoms with Gasteiger partial charge in [0.2, 0.25) is 5.91 Å². The number of rotatable bonds is 13. The zero-order valence-electron chi connectivity index (χ0n) is 30.3. The fourth-order valence-electron chi connectivity index (χ4n) is 7.14. The summed E-state index contributed by atoms with van der Waals surface area (Å²) >= 11 is 3.60. The molecule has 2 heterocycles. The first-order valence-electron chi connectivity index (χ1n) is 18.0. The minimum absolute atomic E-state index is 0.159. The van der Waals surface area contributed by atoms with E-state index in [4.69, 9.17) is 14.1 Å². The van der Waals surface area contributed by atoms with Crippen LogP contribution in [0.4, 0.5) is 10.6 Å². The number of anilines is 1. The predicted molar refractivity (Wildman–Crippen MR) is 214 cm³/mol. The van der Waals surface area contributed by atoms with Gasteiger partial charge in [-0.25, -0.2) is 9.78 Å². The smallest absolute Gasteiger partial charge is 0.407 e. The Labute approximate surface area is 320 Å². The number of ether oxygens (including phenoxy) is 1. The third-order valence-electron chi connectivity index (χ3n) is 9.70. The van der Waals surface area contributed by atoms with Gasteiger partial charge < -0.3 is 24.9 Å². The number of piperidine rings is 1. The van der Waals surface area contributed by atoms with E-state index in [2.05, 4.69) is 101 Å². The highest BCUT2D eigenvalue weighted by molar-refractivity contribution is 9.10. The van der Waals surface area contributed by atoms with E-state index in [0.717, 1.165) is 10.0 Å². The fraction of sp³-hybridized carbons (Fsp3) is 0.317. The number of fused-ring (bicyclic) bond motifs is 1. The van der Waals surface area contributed by atoms with Crippen molar-refractivity contribution in [2.24, 2.45) is 0 Å². The number of benzene rings is 4. The number of carbonyl (C=O) groups is 2. The van der Waals surface area contributed by atoms with Crippen LogP contribution in [0.5, 0.6) is 5.75 Å². The summed E-state index contributed by atoms with van der Waals surface area (Å²) in [6, 6.07) is 33.5. The molecule has 3 N–H and O–H groups in total. The third kappa shape index (κ3) is 8.72. The second-order valence-corrected chi connectivity index (χ2v) is 19.4. The number of halogens is 1. The van der Waals surface area contributed by atoms with Crippen molar-refractivity contribution in [3.05, 3.63) is 119 Å². The molecule has 0 bridgehead atoms. The molecular formula is C41H46BrN5O5Si. The zero-order chi connectivity index (χ0) is 37.4. The quantitative estimate of drug-likeness (QED) is 0.0862. The average Bonchev–Trinajstić information content (AvgIpc) is 3.16. The highest BCUT2D eigenvalue weighted by atomic mass is 79.9. The molecule has 0 saturated carbocycles. The summed E-state index contributed by atoms with van der Waals surface area (Å²) in [5, 5.41) is 18.7. The Balaban J connectivity index is 1.10. The molecule has 2 atom stereocenters. The lowest BCUT2D eigenvalue weighted by Crippen LogP contribution is -2.66. The van der Waals surface area contributed by atoms with Crippen molar-refractivity contribution < 1.29 is 23.9 Å². The van der Waals surface area contributed by atoms with Crippen molar-refractivity contribution in [1.29, 1.82) is 0 Å². The van der Waals surface area contributed by atoms with Crippen LogP contribution in [-0.2, 0) is 15.8 Å². The molecular weight excluding hydrogens is 750 g/mol. The van der Waals surface area contributed by atoms with Crippen LogP contribution >= 0.6 is 15.9 Å². The van der Waals surface area contributed by atoms with Gasteiger partial charge in [-0.3, -0.25) is 14.7 Å². The first-order valence-corrected chi connectivity index (χ1v) is 20.7. The monoisotopic (exact) mass is 795 g/mol. The predicted octanol–water partition coefficient (Wildman–Crippen LogP) is 6.98. The molecule has 1 fully saturated rings. The number of aromatic nitrogens is 2. The van der Waals surface area contributed by atoms with Gasteiger partial charge in [-0.05, 0) is 68.3 Å². The van der Waals surface area contributed by atoms with E-state index in [9.17, 15) is 14.7 Å². The SMILES string of the molecule is CC(C)(C)[Si](OCCCNC(=O)C1CC(Nc2cnc3ccc(Br)c(OCc4ccccc4)c3n2)CCN1C(=O)O)(c1ccccc1)c1ccccc1. The molecule has 0 aliphatic carbocycles. The largest absolute Gasteiger partial charge is 0.485 e. The van der Waals surface area contributed by atoms with E-state index < -0.39 is 20.5 Å². The zero-order valence-corrected chi connectivity index (χ0v) is 32.9. The number of nitrogens with zero attached hydrogens (tertiary/aromatic N) is 3. The Morgan fingerprint density at radius 2 is 1.58 bits per heavy atom. The first kappa shape index (κ1) is 38.0. The molecule has 2 amide bonds. The Hall–Kier alpha value is -4.78. The van der Waals surface area contributed by atoms with Gasteiger partial charge in [0.1, 0.15) is 24.0 Å². The normalized spacial score (nSPS) is 16.3. The number of amides is 2. The Morgan fingerprint density at radius 1 is 0.943 bits per heavy atom. The third-order valence-corrected chi connectivity index (χ3v) is 15.4. The Kier molecular flexibility index (Phi) is 12.1. The van der Waals surface area contributed by atoms with Crippen LogP contribution in [0.15, 0.2) is 114 Å². The molecule has 4 aromatic carbocycles. The van der Waals surface area contributed by atoms with Crippen molar-refractivity contribution in [2.45, 2.75) is 63.8 Å². The molecule has 0 spiro atoms.